The van der Waals surface area contributed by atoms with Gasteiger partial charge in [-0.15, -0.1) is 0 Å². The third kappa shape index (κ3) is 3.14. The van der Waals surface area contributed by atoms with E-state index < -0.39 is 0 Å². The van der Waals surface area contributed by atoms with Crippen molar-refractivity contribution in [3.05, 3.63) is 60.1 Å². The number of carbonyl (C=O) groups is 1. The average molecular weight is 283 g/mol. The van der Waals surface area contributed by atoms with Gasteiger partial charge in [-0.1, -0.05) is 0 Å². The Balaban J connectivity index is 1.69. The molecular weight excluding hydrogens is 270 g/mol. The molecule has 7 nitrogen and oxygen atoms in total. The summed E-state index contributed by atoms with van der Waals surface area (Å²) >= 11 is 0. The number of nitrogens with zero attached hydrogens (tertiary/aromatic N) is 4. The molecule has 106 valence electrons. The van der Waals surface area contributed by atoms with E-state index in [2.05, 4.69) is 20.4 Å². The molecule has 1 amide bonds. The minimum Gasteiger partial charge on any atom is -0.454 e. The van der Waals surface area contributed by atoms with E-state index in [1.807, 2.05) is 19.2 Å². The maximum Gasteiger partial charge on any atom is 0.293 e. The fourth-order valence-corrected chi connectivity index (χ4v) is 1.81. The fraction of sp³-hybridized carbons (Fsp3) is 0.143. The predicted octanol–water partition coefficient (Wildman–Crippen LogP) is 1.88. The average Bonchev–Trinajstić information content (AvgIpc) is 3.11. The molecule has 0 aliphatic heterocycles. The Morgan fingerprint density at radius 3 is 3.00 bits per heavy atom. The number of aromatic nitrogens is 4. The van der Waals surface area contributed by atoms with Crippen molar-refractivity contribution < 1.29 is 9.21 Å². The number of aryl methyl sites for hydroxylation is 1. The van der Waals surface area contributed by atoms with Crippen molar-refractivity contribution in [3.63, 3.8) is 0 Å². The number of hydrogen-bond acceptors (Lipinski definition) is 5. The summed E-state index contributed by atoms with van der Waals surface area (Å²) in [4.78, 5) is 20.1. The van der Waals surface area contributed by atoms with Gasteiger partial charge in [0.25, 0.3) is 5.91 Å². The van der Waals surface area contributed by atoms with Crippen LogP contribution >= 0.6 is 0 Å². The molecule has 0 unspecified atom stereocenters. The Morgan fingerprint density at radius 1 is 1.33 bits per heavy atom. The first-order valence-corrected chi connectivity index (χ1v) is 6.38. The molecule has 7 heteroatoms. The fourth-order valence-electron chi connectivity index (χ4n) is 1.81. The Bertz CT molecular complexity index is 748. The molecule has 0 fully saturated rings. The first-order chi connectivity index (χ1) is 10.2. The van der Waals surface area contributed by atoms with Gasteiger partial charge in [-0.3, -0.25) is 14.8 Å². The molecule has 0 bridgehead atoms. The third-order valence-corrected chi connectivity index (χ3v) is 2.78. The van der Waals surface area contributed by atoms with Crippen LogP contribution in [0.3, 0.4) is 0 Å². The molecule has 3 heterocycles. The van der Waals surface area contributed by atoms with Crippen molar-refractivity contribution in [2.24, 2.45) is 0 Å². The molecule has 0 aliphatic rings. The number of hydrogen-bond donors (Lipinski definition) is 1. The summed E-state index contributed by atoms with van der Waals surface area (Å²) < 4.78 is 7.21. The molecule has 21 heavy (non-hydrogen) atoms. The van der Waals surface area contributed by atoms with Gasteiger partial charge in [0.05, 0.1) is 6.54 Å². The van der Waals surface area contributed by atoms with Crippen LogP contribution in [0, 0.1) is 6.92 Å². The van der Waals surface area contributed by atoms with Crippen LogP contribution in [0.15, 0.2) is 47.3 Å². The van der Waals surface area contributed by atoms with Gasteiger partial charge < -0.3 is 4.42 Å². The van der Waals surface area contributed by atoms with E-state index in [9.17, 15) is 4.79 Å². The zero-order chi connectivity index (χ0) is 14.7. The number of carbonyl (C=O) groups excluding carboxylic acids is 1. The van der Waals surface area contributed by atoms with Crippen LogP contribution in [0.25, 0.3) is 0 Å². The maximum atomic E-state index is 12.0. The molecule has 1 N–H and O–H groups in total. The standard InChI is InChI=1S/C14H13N5O2/c1-10-5-7-15-14(17-10)18-13(20)12-4-3-11(21-12)9-19-8-2-6-16-19/h2-8H,9H2,1H3,(H,15,17,18,20). The van der Waals surface area contributed by atoms with Crippen molar-refractivity contribution in [1.29, 1.82) is 0 Å². The summed E-state index contributed by atoms with van der Waals surface area (Å²) in [5.41, 5.74) is 0.777. The van der Waals surface area contributed by atoms with Crippen molar-refractivity contribution in [2.75, 3.05) is 5.32 Å². The SMILES string of the molecule is Cc1ccnc(NC(=O)c2ccc(Cn3cccn3)o2)n1. The highest BCUT2D eigenvalue weighted by atomic mass is 16.4. The molecule has 3 aromatic rings. The van der Waals surface area contributed by atoms with Crippen LogP contribution < -0.4 is 5.32 Å². The van der Waals surface area contributed by atoms with Crippen molar-refractivity contribution >= 4 is 11.9 Å². The van der Waals surface area contributed by atoms with Crippen molar-refractivity contribution in [1.82, 2.24) is 19.7 Å². The number of furan rings is 1. The van der Waals surface area contributed by atoms with Gasteiger partial charge in [0, 0.05) is 24.3 Å². The monoisotopic (exact) mass is 283 g/mol. The van der Waals surface area contributed by atoms with E-state index in [1.54, 1.807) is 35.3 Å². The normalized spacial score (nSPS) is 10.5. The maximum absolute atomic E-state index is 12.0. The van der Waals surface area contributed by atoms with E-state index in [0.29, 0.717) is 12.3 Å². The van der Waals surface area contributed by atoms with E-state index in [1.165, 1.54) is 0 Å². The molecule has 0 spiro atoms. The van der Waals surface area contributed by atoms with Crippen LogP contribution in [0.5, 0.6) is 0 Å². The van der Waals surface area contributed by atoms with Gasteiger partial charge in [0.1, 0.15) is 5.76 Å². The first-order valence-electron chi connectivity index (χ1n) is 6.38. The van der Waals surface area contributed by atoms with Gasteiger partial charge in [-0.25, -0.2) is 9.97 Å². The molecule has 0 aliphatic carbocycles. The van der Waals surface area contributed by atoms with Crippen molar-refractivity contribution in [3.8, 4) is 0 Å². The molecule has 0 atom stereocenters. The molecule has 0 saturated heterocycles. The second kappa shape index (κ2) is 5.58. The molecule has 0 radical (unpaired) electrons. The minimum atomic E-state index is -0.382. The Labute approximate surface area is 120 Å². The van der Waals surface area contributed by atoms with Crippen LogP contribution in [0.4, 0.5) is 5.95 Å². The van der Waals surface area contributed by atoms with Crippen LogP contribution in [0.1, 0.15) is 22.0 Å². The number of rotatable bonds is 4. The first kappa shape index (κ1) is 13.0. The lowest BCUT2D eigenvalue weighted by Crippen LogP contribution is -2.13. The van der Waals surface area contributed by atoms with Crippen LogP contribution in [-0.4, -0.2) is 25.7 Å². The topological polar surface area (TPSA) is 85.8 Å². The van der Waals surface area contributed by atoms with E-state index in [-0.39, 0.29) is 17.6 Å². The van der Waals surface area contributed by atoms with Gasteiger partial charge in [-0.2, -0.15) is 5.10 Å². The van der Waals surface area contributed by atoms with Gasteiger partial charge in [-0.05, 0) is 31.2 Å². The molecular formula is C14H13N5O2. The summed E-state index contributed by atoms with van der Waals surface area (Å²) in [6.07, 6.45) is 5.09. The number of amides is 1. The Kier molecular flexibility index (Phi) is 3.46. The van der Waals surface area contributed by atoms with Crippen LogP contribution in [0.2, 0.25) is 0 Å². The highest BCUT2D eigenvalue weighted by Crippen LogP contribution is 2.11. The summed E-state index contributed by atoms with van der Waals surface area (Å²) in [7, 11) is 0. The quantitative estimate of drug-likeness (QED) is 0.790. The Hall–Kier alpha value is -2.96. The zero-order valence-corrected chi connectivity index (χ0v) is 11.4. The zero-order valence-electron chi connectivity index (χ0n) is 11.4. The second-order valence-electron chi connectivity index (χ2n) is 4.45. The van der Waals surface area contributed by atoms with Gasteiger partial charge in [0.2, 0.25) is 5.95 Å². The summed E-state index contributed by atoms with van der Waals surface area (Å²) in [6, 6.07) is 6.94. The molecule has 3 rings (SSSR count). The lowest BCUT2D eigenvalue weighted by atomic mass is 10.4. The smallest absolute Gasteiger partial charge is 0.293 e. The molecule has 0 saturated carbocycles. The van der Waals surface area contributed by atoms with Gasteiger partial charge in [0.15, 0.2) is 5.76 Å². The van der Waals surface area contributed by atoms with E-state index in [0.717, 1.165) is 5.69 Å². The molecule has 3 aromatic heterocycles. The number of nitrogens with one attached hydrogen (secondary N) is 1. The highest BCUT2D eigenvalue weighted by Gasteiger charge is 2.13. The highest BCUT2D eigenvalue weighted by molar-refractivity contribution is 6.01. The summed E-state index contributed by atoms with van der Waals surface area (Å²) in [5, 5.41) is 6.67. The summed E-state index contributed by atoms with van der Waals surface area (Å²) in [5.74, 6) is 0.730. The third-order valence-electron chi connectivity index (χ3n) is 2.78. The van der Waals surface area contributed by atoms with E-state index in [4.69, 9.17) is 4.42 Å². The predicted molar refractivity (Wildman–Crippen MR) is 74.8 cm³/mol. The second-order valence-corrected chi connectivity index (χ2v) is 4.45. The van der Waals surface area contributed by atoms with Crippen molar-refractivity contribution in [2.45, 2.75) is 13.5 Å². The molecule has 0 aromatic carbocycles. The summed E-state index contributed by atoms with van der Waals surface area (Å²) in [6.45, 7) is 2.30. The lowest BCUT2D eigenvalue weighted by Gasteiger charge is -2.02. The lowest BCUT2D eigenvalue weighted by molar-refractivity contribution is 0.0994. The minimum absolute atomic E-state index is 0.210. The number of anilines is 1. The largest absolute Gasteiger partial charge is 0.454 e. The van der Waals surface area contributed by atoms with Crippen LogP contribution in [-0.2, 0) is 6.54 Å². The van der Waals surface area contributed by atoms with Gasteiger partial charge >= 0.3 is 0 Å². The van der Waals surface area contributed by atoms with E-state index >= 15 is 0 Å². The Morgan fingerprint density at radius 2 is 2.24 bits per heavy atom.